The quantitative estimate of drug-likeness (QED) is 0.462. The number of ether oxygens (including phenoxy) is 1. The maximum Gasteiger partial charge on any atom is 0.416 e. The molecule has 2 aromatic rings. The van der Waals surface area contributed by atoms with Gasteiger partial charge in [0.05, 0.1) is 11.3 Å². The Kier molecular flexibility index (Phi) is 5.16. The summed E-state index contributed by atoms with van der Waals surface area (Å²) in [5, 5.41) is 0. The van der Waals surface area contributed by atoms with E-state index < -0.39 is 11.7 Å². The number of carbonyl (C=O) groups excluding carboxylic acids is 1. The van der Waals surface area contributed by atoms with E-state index in [1.165, 1.54) is 18.3 Å². The minimum Gasteiger partial charge on any atom is -0.427 e. The predicted molar refractivity (Wildman–Crippen MR) is 81.1 cm³/mol. The predicted octanol–water partition coefficient (Wildman–Crippen LogP) is 4.77. The molecule has 0 bridgehead atoms. The second-order valence-electron chi connectivity index (χ2n) is 4.70. The van der Waals surface area contributed by atoms with Crippen LogP contribution in [0.1, 0.15) is 24.5 Å². The summed E-state index contributed by atoms with van der Waals surface area (Å²) in [5.41, 5.74) is 0.444. The third-order valence-electron chi connectivity index (χ3n) is 2.96. The van der Waals surface area contributed by atoms with E-state index in [9.17, 15) is 18.0 Å². The largest absolute Gasteiger partial charge is 0.427 e. The Balaban J connectivity index is 2.04. The first-order valence-electron chi connectivity index (χ1n) is 6.90. The Labute approximate surface area is 131 Å². The van der Waals surface area contributed by atoms with E-state index in [2.05, 4.69) is 4.99 Å². The Morgan fingerprint density at radius 2 is 1.70 bits per heavy atom. The standard InChI is InChI=1S/C17H14F3NO2/c1-2-16(22)23-15-9-3-12(4-10-15)11-21-14-7-5-13(6-8-14)17(18,19)20/h3-11H,2H2,1H3. The van der Waals surface area contributed by atoms with E-state index in [1.807, 2.05) is 0 Å². The number of hydrogen-bond acceptors (Lipinski definition) is 3. The maximum absolute atomic E-state index is 12.4. The van der Waals surface area contributed by atoms with Gasteiger partial charge >= 0.3 is 12.1 Å². The summed E-state index contributed by atoms with van der Waals surface area (Å²) in [5.74, 6) is 0.111. The molecule has 2 rings (SSSR count). The van der Waals surface area contributed by atoms with E-state index >= 15 is 0 Å². The fourth-order valence-electron chi connectivity index (χ4n) is 1.71. The first kappa shape index (κ1) is 16.7. The van der Waals surface area contributed by atoms with Crippen molar-refractivity contribution in [1.82, 2.24) is 0 Å². The van der Waals surface area contributed by atoms with Gasteiger partial charge in [-0.3, -0.25) is 9.79 Å². The first-order chi connectivity index (χ1) is 10.9. The fraction of sp³-hybridized carbons (Fsp3) is 0.176. The van der Waals surface area contributed by atoms with Gasteiger partial charge in [-0.2, -0.15) is 13.2 Å². The van der Waals surface area contributed by atoms with Gasteiger partial charge in [0.1, 0.15) is 5.75 Å². The average Bonchev–Trinajstić information content (AvgIpc) is 2.53. The lowest BCUT2D eigenvalue weighted by atomic mass is 10.2. The molecule has 0 aliphatic carbocycles. The van der Waals surface area contributed by atoms with Crippen LogP contribution in [0.3, 0.4) is 0 Å². The number of esters is 1. The SMILES string of the molecule is CCC(=O)Oc1ccc(C=Nc2ccc(C(F)(F)F)cc2)cc1. The Hall–Kier alpha value is -2.63. The van der Waals surface area contributed by atoms with Crippen LogP contribution >= 0.6 is 0 Å². The number of benzene rings is 2. The second kappa shape index (κ2) is 7.09. The van der Waals surface area contributed by atoms with Crippen LogP contribution in [0.4, 0.5) is 18.9 Å². The highest BCUT2D eigenvalue weighted by molar-refractivity contribution is 5.82. The van der Waals surface area contributed by atoms with E-state index in [0.29, 0.717) is 11.4 Å². The Morgan fingerprint density at radius 1 is 1.09 bits per heavy atom. The van der Waals surface area contributed by atoms with Gasteiger partial charge in [-0.1, -0.05) is 6.92 Å². The van der Waals surface area contributed by atoms with Crippen molar-refractivity contribution >= 4 is 17.9 Å². The van der Waals surface area contributed by atoms with Crippen molar-refractivity contribution in [3.05, 3.63) is 59.7 Å². The first-order valence-corrected chi connectivity index (χ1v) is 6.90. The summed E-state index contributed by atoms with van der Waals surface area (Å²) in [7, 11) is 0. The van der Waals surface area contributed by atoms with Crippen LogP contribution in [0.25, 0.3) is 0 Å². The van der Waals surface area contributed by atoms with Crippen molar-refractivity contribution in [2.75, 3.05) is 0 Å². The molecule has 0 saturated carbocycles. The van der Waals surface area contributed by atoms with E-state index in [-0.39, 0.29) is 12.4 Å². The highest BCUT2D eigenvalue weighted by Gasteiger charge is 2.29. The molecule has 0 aromatic heterocycles. The lowest BCUT2D eigenvalue weighted by Gasteiger charge is -2.05. The number of alkyl halides is 3. The third kappa shape index (κ3) is 4.95. The van der Waals surface area contributed by atoms with E-state index in [0.717, 1.165) is 17.7 Å². The number of carbonyl (C=O) groups is 1. The average molecular weight is 321 g/mol. The zero-order chi connectivity index (χ0) is 16.9. The molecule has 0 radical (unpaired) electrons. The topological polar surface area (TPSA) is 38.7 Å². The maximum atomic E-state index is 12.4. The molecular weight excluding hydrogens is 307 g/mol. The lowest BCUT2D eigenvalue weighted by molar-refractivity contribution is -0.137. The van der Waals surface area contributed by atoms with Crippen LogP contribution in [0.2, 0.25) is 0 Å². The lowest BCUT2D eigenvalue weighted by Crippen LogP contribution is -2.05. The highest BCUT2D eigenvalue weighted by Crippen LogP contribution is 2.30. The molecule has 0 saturated heterocycles. The molecule has 6 heteroatoms. The van der Waals surface area contributed by atoms with Gasteiger partial charge in [-0.05, 0) is 54.1 Å². The van der Waals surface area contributed by atoms with Gasteiger partial charge < -0.3 is 4.74 Å². The normalized spacial score (nSPS) is 11.7. The van der Waals surface area contributed by atoms with Crippen molar-refractivity contribution in [2.24, 2.45) is 4.99 Å². The second-order valence-corrected chi connectivity index (χ2v) is 4.70. The zero-order valence-corrected chi connectivity index (χ0v) is 12.3. The number of hydrogen-bond donors (Lipinski definition) is 0. The van der Waals surface area contributed by atoms with Crippen LogP contribution in [0.15, 0.2) is 53.5 Å². The van der Waals surface area contributed by atoms with Crippen LogP contribution < -0.4 is 4.74 Å². The summed E-state index contributed by atoms with van der Waals surface area (Å²) in [6.45, 7) is 1.70. The Morgan fingerprint density at radius 3 is 2.22 bits per heavy atom. The molecule has 0 N–H and O–H groups in total. The molecule has 120 valence electrons. The summed E-state index contributed by atoms with van der Waals surface area (Å²) in [6.07, 6.45) is -2.54. The summed E-state index contributed by atoms with van der Waals surface area (Å²) < 4.78 is 42.4. The van der Waals surface area contributed by atoms with Crippen molar-refractivity contribution in [3.8, 4) is 5.75 Å². The molecule has 0 spiro atoms. The van der Waals surface area contributed by atoms with Gasteiger partial charge in [0, 0.05) is 12.6 Å². The van der Waals surface area contributed by atoms with Crippen LogP contribution in [-0.4, -0.2) is 12.2 Å². The van der Waals surface area contributed by atoms with E-state index in [4.69, 9.17) is 4.74 Å². The van der Waals surface area contributed by atoms with Crippen molar-refractivity contribution in [3.63, 3.8) is 0 Å². The minimum absolute atomic E-state index is 0.289. The molecule has 0 aliphatic rings. The number of nitrogens with zero attached hydrogens (tertiary/aromatic N) is 1. The van der Waals surface area contributed by atoms with Crippen molar-refractivity contribution in [1.29, 1.82) is 0 Å². The molecule has 3 nitrogen and oxygen atoms in total. The summed E-state index contributed by atoms with van der Waals surface area (Å²) >= 11 is 0. The number of rotatable bonds is 4. The number of aliphatic imine (C=N–C) groups is 1. The van der Waals surface area contributed by atoms with Crippen molar-refractivity contribution < 1.29 is 22.7 Å². The molecular formula is C17H14F3NO2. The molecule has 0 unspecified atom stereocenters. The zero-order valence-electron chi connectivity index (χ0n) is 12.3. The summed E-state index contributed by atoms with van der Waals surface area (Å²) in [4.78, 5) is 15.3. The molecule has 0 aliphatic heterocycles. The molecule has 23 heavy (non-hydrogen) atoms. The Bertz CT molecular complexity index is 689. The van der Waals surface area contributed by atoms with Gasteiger partial charge in [0.15, 0.2) is 0 Å². The third-order valence-corrected chi connectivity index (χ3v) is 2.96. The van der Waals surface area contributed by atoms with E-state index in [1.54, 1.807) is 31.2 Å². The van der Waals surface area contributed by atoms with Gasteiger partial charge in [0.25, 0.3) is 0 Å². The van der Waals surface area contributed by atoms with Crippen molar-refractivity contribution in [2.45, 2.75) is 19.5 Å². The monoisotopic (exact) mass is 321 g/mol. The van der Waals surface area contributed by atoms with Gasteiger partial charge in [-0.15, -0.1) is 0 Å². The van der Waals surface area contributed by atoms with Crippen LogP contribution in [-0.2, 0) is 11.0 Å². The van der Waals surface area contributed by atoms with Crippen LogP contribution in [0.5, 0.6) is 5.75 Å². The number of halogens is 3. The molecule has 0 heterocycles. The molecule has 0 fully saturated rings. The summed E-state index contributed by atoms with van der Waals surface area (Å²) in [6, 6.07) is 11.2. The molecule has 0 amide bonds. The van der Waals surface area contributed by atoms with Gasteiger partial charge in [-0.25, -0.2) is 0 Å². The fourth-order valence-corrected chi connectivity index (χ4v) is 1.71. The highest BCUT2D eigenvalue weighted by atomic mass is 19.4. The molecule has 0 atom stereocenters. The van der Waals surface area contributed by atoms with Crippen LogP contribution in [0, 0.1) is 0 Å². The minimum atomic E-state index is -4.35. The smallest absolute Gasteiger partial charge is 0.416 e. The van der Waals surface area contributed by atoms with Gasteiger partial charge in [0.2, 0.25) is 0 Å². The molecule has 2 aromatic carbocycles.